The average molecular weight is 1340 g/mol. The number of hydrogen-bond acceptors (Lipinski definition) is 8. The normalized spacial score (nSPS) is 11.9. The molecule has 0 saturated heterocycles. The number of fused-ring (bicyclic) bond motifs is 23. The summed E-state index contributed by atoms with van der Waals surface area (Å²) >= 11 is 3.77. The summed E-state index contributed by atoms with van der Waals surface area (Å²) in [5.74, 6) is 1.35. The minimum atomic E-state index is 0.673. The van der Waals surface area contributed by atoms with Gasteiger partial charge < -0.3 is 9.13 Å². The Morgan fingerprint density at radius 3 is 1.23 bits per heavy atom. The maximum atomic E-state index is 5.20. The Labute approximate surface area is 591 Å². The third-order valence-electron chi connectivity index (χ3n) is 20.3. The standard InChI is InChI=1S/C47H28N4S.C45H26N4S/c1-2-12-29(13-3-1)31-14-10-15-32(28-31)43-44-38(20-11-27-48-44)49-47(50-43)30-23-25-33(26-24-30)51-39-21-8-6-18-36(39)41-34-16-4-5-17-35(34)42-37-19-7-9-22-40(37)52-46(42)45(41)51;1-2-13-30-27(11-1)12-9-18-33(30)41-42-36(19-10-26-46-42)47-45(48-41)28-22-24-29(25-23-28)49-37-20-7-5-16-34(37)39-31-14-3-4-15-32(31)40-35-17-6-8-21-38(35)50-44(40)43(39)49/h1-28H;1-26H. The molecule has 474 valence electrons. The first kappa shape index (κ1) is 57.9. The lowest BCUT2D eigenvalue weighted by Gasteiger charge is -2.12. The van der Waals surface area contributed by atoms with E-state index in [1.807, 2.05) is 65.4 Å². The van der Waals surface area contributed by atoms with Crippen molar-refractivity contribution in [2.24, 2.45) is 0 Å². The highest BCUT2D eigenvalue weighted by Gasteiger charge is 2.25. The molecule has 0 aliphatic rings. The van der Waals surface area contributed by atoms with E-state index in [4.69, 9.17) is 29.9 Å². The molecule has 10 heteroatoms. The molecule has 22 aromatic rings. The van der Waals surface area contributed by atoms with Gasteiger partial charge >= 0.3 is 0 Å². The van der Waals surface area contributed by atoms with Crippen LogP contribution in [0.25, 0.3) is 206 Å². The Bertz CT molecular complexity index is 7190. The van der Waals surface area contributed by atoms with Gasteiger partial charge in [0, 0.05) is 98.5 Å². The fourth-order valence-electron chi connectivity index (χ4n) is 15.8. The average Bonchev–Trinajstić information content (AvgIpc) is 1.54. The van der Waals surface area contributed by atoms with E-state index in [1.54, 1.807) is 0 Å². The maximum absolute atomic E-state index is 5.20. The van der Waals surface area contributed by atoms with Crippen LogP contribution in [0.3, 0.4) is 0 Å². The number of aromatic nitrogens is 8. The van der Waals surface area contributed by atoms with E-state index in [1.165, 1.54) is 111 Å². The molecule has 0 N–H and O–H groups in total. The summed E-state index contributed by atoms with van der Waals surface area (Å²) in [6.45, 7) is 0. The molecule has 0 bridgehead atoms. The highest BCUT2D eigenvalue weighted by atomic mass is 32.1. The van der Waals surface area contributed by atoms with Crippen LogP contribution in [-0.4, -0.2) is 39.0 Å². The number of benzene rings is 14. The van der Waals surface area contributed by atoms with Gasteiger partial charge in [-0.2, -0.15) is 0 Å². The molecule has 0 atom stereocenters. The molecular formula is C92H54N8S2. The van der Waals surface area contributed by atoms with E-state index < -0.39 is 0 Å². The van der Waals surface area contributed by atoms with Gasteiger partial charge in [0.1, 0.15) is 22.4 Å². The number of pyridine rings is 2. The first-order valence-corrected chi connectivity index (χ1v) is 35.9. The van der Waals surface area contributed by atoms with E-state index >= 15 is 0 Å². The smallest absolute Gasteiger partial charge is 0.160 e. The van der Waals surface area contributed by atoms with Crippen LogP contribution >= 0.6 is 22.7 Å². The second-order valence-corrected chi connectivity index (χ2v) is 28.1. The predicted molar refractivity (Wildman–Crippen MR) is 429 cm³/mol. The van der Waals surface area contributed by atoms with E-state index in [-0.39, 0.29) is 0 Å². The molecule has 102 heavy (non-hydrogen) atoms. The summed E-state index contributed by atoms with van der Waals surface area (Å²) in [7, 11) is 0. The summed E-state index contributed by atoms with van der Waals surface area (Å²) in [4.78, 5) is 29.9. The topological polar surface area (TPSA) is 87.2 Å². The lowest BCUT2D eigenvalue weighted by atomic mass is 9.99. The quantitative estimate of drug-likeness (QED) is 0.158. The molecule has 8 aromatic heterocycles. The minimum absolute atomic E-state index is 0.673. The summed E-state index contributed by atoms with van der Waals surface area (Å²) in [6.07, 6.45) is 3.63. The van der Waals surface area contributed by atoms with Crippen LogP contribution in [0.1, 0.15) is 0 Å². The zero-order valence-corrected chi connectivity index (χ0v) is 56.2. The number of hydrogen-bond donors (Lipinski definition) is 0. The molecule has 0 aliphatic heterocycles. The lowest BCUT2D eigenvalue weighted by molar-refractivity contribution is 1.18. The zero-order chi connectivity index (χ0) is 66.9. The first-order chi connectivity index (χ1) is 50.6. The first-order valence-electron chi connectivity index (χ1n) is 34.2. The van der Waals surface area contributed by atoms with Gasteiger partial charge in [0.2, 0.25) is 0 Å². The van der Waals surface area contributed by atoms with Crippen molar-refractivity contribution in [1.82, 2.24) is 39.0 Å². The Morgan fingerprint density at radius 1 is 0.265 bits per heavy atom. The minimum Gasteiger partial charge on any atom is -0.308 e. The van der Waals surface area contributed by atoms with Gasteiger partial charge in [-0.1, -0.05) is 212 Å². The van der Waals surface area contributed by atoms with Crippen molar-refractivity contribution < 1.29 is 0 Å². The predicted octanol–water partition coefficient (Wildman–Crippen LogP) is 24.8. The molecule has 0 unspecified atom stereocenters. The Morgan fingerprint density at radius 2 is 0.676 bits per heavy atom. The largest absolute Gasteiger partial charge is 0.308 e. The van der Waals surface area contributed by atoms with Gasteiger partial charge in [0.15, 0.2) is 11.6 Å². The summed E-state index contributed by atoms with van der Waals surface area (Å²) in [6, 6.07) is 112. The van der Waals surface area contributed by atoms with Crippen molar-refractivity contribution in [1.29, 1.82) is 0 Å². The second kappa shape index (κ2) is 23.3. The van der Waals surface area contributed by atoms with Crippen LogP contribution < -0.4 is 0 Å². The molecule has 0 aliphatic carbocycles. The Hall–Kier alpha value is -13.1. The monoisotopic (exact) mass is 1330 g/mol. The van der Waals surface area contributed by atoms with E-state index in [0.717, 1.165) is 83.6 Å². The number of para-hydroxylation sites is 2. The highest BCUT2D eigenvalue weighted by Crippen LogP contribution is 2.50. The number of nitrogens with zero attached hydrogens (tertiary/aromatic N) is 8. The molecule has 0 radical (unpaired) electrons. The van der Waals surface area contributed by atoms with Crippen LogP contribution in [0.5, 0.6) is 0 Å². The van der Waals surface area contributed by atoms with Crippen LogP contribution in [0, 0.1) is 0 Å². The molecule has 8 heterocycles. The lowest BCUT2D eigenvalue weighted by Crippen LogP contribution is -1.98. The Balaban J connectivity index is 0.000000133. The van der Waals surface area contributed by atoms with Crippen molar-refractivity contribution in [2.75, 3.05) is 0 Å². The SMILES string of the molecule is c1ccc(-c2cccc(-c3nc(-c4ccc(-n5c6ccccc6c6c7ccccc7c7c8ccccc8sc7c65)cc4)nc4cccnc34)c2)cc1.c1ccc2c(-c3nc(-c4ccc(-n5c6ccccc6c6c7ccccc7c7c8ccccc8sc7c65)cc4)nc4cccnc34)cccc2c1. The molecule has 14 aromatic carbocycles. The third-order valence-corrected chi connectivity index (χ3v) is 22.6. The van der Waals surface area contributed by atoms with Gasteiger partial charge in [0.05, 0.1) is 42.5 Å². The van der Waals surface area contributed by atoms with E-state index in [9.17, 15) is 0 Å². The van der Waals surface area contributed by atoms with Crippen molar-refractivity contribution in [3.8, 4) is 67.8 Å². The van der Waals surface area contributed by atoms with Gasteiger partial charge in [-0.3, -0.25) is 9.97 Å². The third kappa shape index (κ3) is 9.06. The zero-order valence-electron chi connectivity index (χ0n) is 54.6. The molecular weight excluding hydrogens is 1280 g/mol. The summed E-state index contributed by atoms with van der Waals surface area (Å²) < 4.78 is 10.1. The fourth-order valence-corrected chi connectivity index (χ4v) is 18.3. The van der Waals surface area contributed by atoms with Gasteiger partial charge in [-0.15, -0.1) is 22.7 Å². The number of thiophene rings is 2. The maximum Gasteiger partial charge on any atom is 0.160 e. The Kier molecular flexibility index (Phi) is 13.2. The molecule has 8 nitrogen and oxygen atoms in total. The van der Waals surface area contributed by atoms with Crippen LogP contribution in [0.4, 0.5) is 0 Å². The molecule has 0 amide bonds. The highest BCUT2D eigenvalue weighted by molar-refractivity contribution is 7.27. The van der Waals surface area contributed by atoms with Crippen molar-refractivity contribution in [3.63, 3.8) is 0 Å². The van der Waals surface area contributed by atoms with Gasteiger partial charge in [0.25, 0.3) is 0 Å². The van der Waals surface area contributed by atoms with Gasteiger partial charge in [-0.25, -0.2) is 19.9 Å². The molecule has 0 fully saturated rings. The van der Waals surface area contributed by atoms with Crippen molar-refractivity contribution in [3.05, 3.63) is 328 Å². The van der Waals surface area contributed by atoms with Crippen LogP contribution in [0.2, 0.25) is 0 Å². The molecule has 0 saturated carbocycles. The fraction of sp³-hybridized carbons (Fsp3) is 0. The summed E-state index contributed by atoms with van der Waals surface area (Å²) in [5.41, 5.74) is 18.2. The van der Waals surface area contributed by atoms with Crippen LogP contribution in [-0.2, 0) is 0 Å². The molecule has 22 rings (SSSR count). The number of rotatable bonds is 7. The van der Waals surface area contributed by atoms with E-state index in [2.05, 4.69) is 294 Å². The summed E-state index contributed by atoms with van der Waals surface area (Å²) in [5, 5.41) is 17.8. The van der Waals surface area contributed by atoms with Crippen LogP contribution in [0.15, 0.2) is 328 Å². The van der Waals surface area contributed by atoms with Crippen molar-refractivity contribution in [2.45, 2.75) is 0 Å². The molecule has 0 spiro atoms. The van der Waals surface area contributed by atoms with E-state index in [0.29, 0.717) is 11.6 Å². The van der Waals surface area contributed by atoms with Gasteiger partial charge in [-0.05, 0) is 147 Å². The second-order valence-electron chi connectivity index (χ2n) is 25.9. The van der Waals surface area contributed by atoms with Crippen molar-refractivity contribution >= 4 is 161 Å².